The molecule has 0 saturated heterocycles. The van der Waals surface area contributed by atoms with Crippen molar-refractivity contribution in [2.24, 2.45) is 0 Å². The van der Waals surface area contributed by atoms with Crippen LogP contribution in [0.15, 0.2) is 183 Å². The monoisotopic (exact) mass is 588 g/mol. The van der Waals surface area contributed by atoms with Crippen molar-refractivity contribution >= 4 is 41.5 Å². The lowest BCUT2D eigenvalue weighted by Crippen LogP contribution is -2.61. The van der Waals surface area contributed by atoms with Gasteiger partial charge in [-0.05, 0) is 12.5 Å². The van der Waals surface area contributed by atoms with Gasteiger partial charge in [-0.1, -0.05) is 197 Å². The van der Waals surface area contributed by atoms with E-state index in [0.29, 0.717) is 6.71 Å². The fraction of sp³-hybridized carbons (Fsp3) is 0.125. The van der Waals surface area contributed by atoms with Gasteiger partial charge in [0.15, 0.2) is 0 Å². The number of unbranched alkanes of at least 4 members (excludes halogenated alkanes) is 2. The summed E-state index contributed by atoms with van der Waals surface area (Å²) in [5, 5.41) is 3.02. The molecule has 0 atom stereocenters. The van der Waals surface area contributed by atoms with E-state index in [1.54, 1.807) is 0 Å². The molecule has 1 heterocycles. The summed E-state index contributed by atoms with van der Waals surface area (Å²) in [6.45, 7) is 4.18. The number of hydrogen-bond acceptors (Lipinski definition) is 1. The summed E-state index contributed by atoms with van der Waals surface area (Å²) < 4.78 is 2.26. The maximum absolute atomic E-state index is 4.28. The van der Waals surface area contributed by atoms with Gasteiger partial charge in [-0.3, -0.25) is 0 Å². The van der Waals surface area contributed by atoms with Crippen LogP contribution in [0.3, 0.4) is 0 Å². The second kappa shape index (κ2) is 16.3. The number of aromatic nitrogens is 2. The van der Waals surface area contributed by atoms with Crippen molar-refractivity contribution in [3.8, 4) is 0 Å². The van der Waals surface area contributed by atoms with Crippen LogP contribution in [0.1, 0.15) is 19.3 Å². The van der Waals surface area contributed by atoms with E-state index in [-0.39, 0.29) is 0 Å². The summed E-state index contributed by atoms with van der Waals surface area (Å²) >= 11 is 0. The first-order valence-corrected chi connectivity index (χ1v) is 18.0. The Labute approximate surface area is 264 Å². The van der Waals surface area contributed by atoms with Crippen LogP contribution in [0.4, 0.5) is 0 Å². The quantitative estimate of drug-likeness (QED) is 0.0940. The molecular weight excluding hydrogens is 547 g/mol. The number of nitrogens with zero attached hydrogens (tertiary/aromatic N) is 2. The van der Waals surface area contributed by atoms with Crippen LogP contribution in [0.2, 0.25) is 6.04 Å². The molecule has 0 spiro atoms. The van der Waals surface area contributed by atoms with Gasteiger partial charge in [0.05, 0.1) is 6.33 Å². The molecule has 0 fully saturated rings. The Morgan fingerprint density at radius 1 is 0.591 bits per heavy atom. The minimum absolute atomic E-state index is 0.309. The van der Waals surface area contributed by atoms with Crippen molar-refractivity contribution < 1.29 is 0 Å². The van der Waals surface area contributed by atoms with Gasteiger partial charge in [-0.25, -0.2) is 4.98 Å². The maximum atomic E-state index is 4.28. The number of hydrogen-bond donors (Lipinski definition) is 0. The van der Waals surface area contributed by atoms with E-state index in [1.165, 1.54) is 45.6 Å². The van der Waals surface area contributed by atoms with Gasteiger partial charge in [0.25, 0.3) is 0 Å². The second-order valence-electron chi connectivity index (χ2n) is 11.2. The summed E-state index contributed by atoms with van der Waals surface area (Å²) in [4.78, 5) is 4.28. The van der Waals surface area contributed by atoms with E-state index in [9.17, 15) is 0 Å². The molecule has 0 aliphatic heterocycles. The molecule has 0 aliphatic carbocycles. The first-order chi connectivity index (χ1) is 21.8. The first-order valence-electron chi connectivity index (χ1n) is 15.6. The Bertz CT molecular complexity index is 1490. The third-order valence-corrected chi connectivity index (χ3v) is 13.3. The molecule has 44 heavy (non-hydrogen) atoms. The Hall–Kier alpha value is -4.67. The maximum Gasteiger partial charge on any atom is 0.241 e. The average molecular weight is 589 g/mol. The number of benzene rings is 5. The molecule has 0 N–H and O–H groups in total. The van der Waals surface area contributed by atoms with Crippen molar-refractivity contribution in [3.63, 3.8) is 0 Å². The lowest BCUT2D eigenvalue weighted by atomic mass is 9.37. The highest BCUT2D eigenvalue weighted by atomic mass is 28.3. The molecule has 5 aromatic carbocycles. The van der Waals surface area contributed by atoms with E-state index < -0.39 is 8.07 Å². The molecule has 0 saturated carbocycles. The fourth-order valence-electron chi connectivity index (χ4n) is 6.15. The average Bonchev–Trinajstić information content (AvgIpc) is 3.62. The Morgan fingerprint density at radius 2 is 1.02 bits per heavy atom. The zero-order chi connectivity index (χ0) is 30.3. The molecule has 0 unspecified atom stereocenters. The van der Waals surface area contributed by atoms with Crippen LogP contribution in [0.5, 0.6) is 0 Å². The fourth-order valence-corrected chi connectivity index (χ4v) is 10.9. The van der Waals surface area contributed by atoms with Gasteiger partial charge < -0.3 is 4.57 Å². The van der Waals surface area contributed by atoms with Crippen molar-refractivity contribution in [3.05, 3.63) is 183 Å². The van der Waals surface area contributed by atoms with Gasteiger partial charge in [0.2, 0.25) is 6.71 Å². The van der Waals surface area contributed by atoms with Crippen LogP contribution in [-0.4, -0.2) is 24.3 Å². The molecule has 0 amide bonds. The highest BCUT2D eigenvalue weighted by molar-refractivity contribution is 7.01. The molecule has 1 aromatic heterocycles. The standard InChI is InChI=1S/C22H26N2Si.C18H15B/c1-2-3-4-11-18-25(20-24-17-16-23-19-24,21-12-7-5-8-13-21)22-14-9-6-10-15-22;1-4-10-16(11-5-1)19(17-12-6-2-7-13-17)18-14-8-3-9-15-18/h2,5-10,12-17,19H,1,3-4,11,18,20H2;1-15H. The van der Waals surface area contributed by atoms with E-state index in [2.05, 4.69) is 174 Å². The summed E-state index contributed by atoms with van der Waals surface area (Å²) in [5.74, 6) is 0. The van der Waals surface area contributed by atoms with Crippen LogP contribution < -0.4 is 26.8 Å². The zero-order valence-corrected chi connectivity index (χ0v) is 26.5. The third-order valence-electron chi connectivity index (χ3n) is 8.32. The number of imidazole rings is 1. The van der Waals surface area contributed by atoms with Gasteiger partial charge in [0, 0.05) is 18.6 Å². The van der Waals surface area contributed by atoms with Gasteiger partial charge >= 0.3 is 0 Å². The van der Waals surface area contributed by atoms with E-state index in [0.717, 1.165) is 12.6 Å². The number of rotatable bonds is 12. The smallest absolute Gasteiger partial charge is 0.241 e. The van der Waals surface area contributed by atoms with E-state index >= 15 is 0 Å². The largest absolute Gasteiger partial charge is 0.340 e. The van der Waals surface area contributed by atoms with E-state index in [4.69, 9.17) is 0 Å². The molecule has 2 nitrogen and oxygen atoms in total. The molecule has 0 aliphatic rings. The zero-order valence-electron chi connectivity index (χ0n) is 25.5. The molecule has 0 bridgehead atoms. The lowest BCUT2D eigenvalue weighted by Gasteiger charge is -2.33. The van der Waals surface area contributed by atoms with Crippen molar-refractivity contribution in [1.29, 1.82) is 0 Å². The molecule has 218 valence electrons. The van der Waals surface area contributed by atoms with Crippen LogP contribution >= 0.6 is 0 Å². The lowest BCUT2D eigenvalue weighted by molar-refractivity contribution is 0.785. The molecule has 4 heteroatoms. The Balaban J connectivity index is 0.000000181. The number of allylic oxidation sites excluding steroid dienone is 1. The summed E-state index contributed by atoms with van der Waals surface area (Å²) in [5.41, 5.74) is 4.00. The summed E-state index contributed by atoms with van der Waals surface area (Å²) in [6, 6.07) is 55.5. The second-order valence-corrected chi connectivity index (χ2v) is 15.4. The highest BCUT2D eigenvalue weighted by Crippen LogP contribution is 2.19. The first kappa shape index (κ1) is 30.8. The Morgan fingerprint density at radius 3 is 1.41 bits per heavy atom. The highest BCUT2D eigenvalue weighted by Gasteiger charge is 2.37. The summed E-state index contributed by atoms with van der Waals surface area (Å²) in [6.07, 6.45) is 12.5. The summed E-state index contributed by atoms with van der Waals surface area (Å²) in [7, 11) is -1.91. The molecular formula is C40H41BN2Si. The Kier molecular flexibility index (Phi) is 11.4. The normalized spacial score (nSPS) is 10.8. The predicted molar refractivity (Wildman–Crippen MR) is 193 cm³/mol. The SMILES string of the molecule is C=CCCCC[Si](Cn1ccnc1)(c1ccccc1)c1ccccc1.c1ccc(B(c2ccccc2)c2ccccc2)cc1. The minimum atomic E-state index is -1.91. The molecule has 0 radical (unpaired) electrons. The van der Waals surface area contributed by atoms with Crippen LogP contribution in [0.25, 0.3) is 0 Å². The van der Waals surface area contributed by atoms with E-state index in [1.807, 2.05) is 18.6 Å². The third kappa shape index (κ3) is 8.03. The predicted octanol–water partition coefficient (Wildman–Crippen LogP) is 6.24. The van der Waals surface area contributed by atoms with Crippen LogP contribution in [0, 0.1) is 0 Å². The molecule has 6 rings (SSSR count). The topological polar surface area (TPSA) is 17.8 Å². The van der Waals surface area contributed by atoms with Gasteiger partial charge in [-0.15, -0.1) is 6.58 Å². The van der Waals surface area contributed by atoms with Crippen molar-refractivity contribution in [2.45, 2.75) is 31.5 Å². The van der Waals surface area contributed by atoms with Gasteiger partial charge in [-0.2, -0.15) is 0 Å². The van der Waals surface area contributed by atoms with Crippen molar-refractivity contribution in [2.75, 3.05) is 0 Å². The van der Waals surface area contributed by atoms with Crippen LogP contribution in [-0.2, 0) is 6.17 Å². The van der Waals surface area contributed by atoms with Crippen molar-refractivity contribution in [1.82, 2.24) is 9.55 Å². The van der Waals surface area contributed by atoms with Gasteiger partial charge in [0.1, 0.15) is 8.07 Å². The minimum Gasteiger partial charge on any atom is -0.340 e. The molecule has 6 aromatic rings.